The maximum absolute atomic E-state index is 14.5. The van der Waals surface area contributed by atoms with E-state index in [0.717, 1.165) is 38.2 Å². The van der Waals surface area contributed by atoms with Gasteiger partial charge in [0, 0.05) is 32.1 Å². The smallest absolute Gasteiger partial charge is 0.217 e. The van der Waals surface area contributed by atoms with E-state index in [1.807, 2.05) is 6.07 Å². The van der Waals surface area contributed by atoms with Gasteiger partial charge in [0.25, 0.3) is 0 Å². The molecule has 0 atom stereocenters. The first-order chi connectivity index (χ1) is 14.5. The van der Waals surface area contributed by atoms with Gasteiger partial charge < -0.3 is 10.1 Å². The van der Waals surface area contributed by atoms with Crippen LogP contribution in [0.15, 0.2) is 48.5 Å². The summed E-state index contributed by atoms with van der Waals surface area (Å²) in [6, 6.07) is 15.2. The highest BCUT2D eigenvalue weighted by molar-refractivity contribution is 5.74. The third kappa shape index (κ3) is 4.84. The molecule has 1 amide bonds. The summed E-state index contributed by atoms with van der Waals surface area (Å²) in [7, 11) is 0. The van der Waals surface area contributed by atoms with Crippen molar-refractivity contribution in [3.05, 3.63) is 65.5 Å². The molecule has 0 bridgehead atoms. The van der Waals surface area contributed by atoms with Crippen LogP contribution in [0.5, 0.6) is 5.75 Å². The van der Waals surface area contributed by atoms with Crippen molar-refractivity contribution in [2.45, 2.75) is 63.6 Å². The fraction of sp³-hybridized carbons (Fsp3) is 0.480. The van der Waals surface area contributed by atoms with E-state index in [4.69, 9.17) is 4.74 Å². The first kappa shape index (κ1) is 20.9. The number of piperidine rings is 1. The van der Waals surface area contributed by atoms with Crippen LogP contribution in [0.4, 0.5) is 4.39 Å². The number of carbonyl (C=O) groups is 1. The number of likely N-dealkylation sites (tertiary alicyclic amines) is 1. The molecular weight excluding hydrogens is 379 g/mol. The quantitative estimate of drug-likeness (QED) is 0.746. The highest BCUT2D eigenvalue weighted by Crippen LogP contribution is 2.35. The molecule has 30 heavy (non-hydrogen) atoms. The van der Waals surface area contributed by atoms with Gasteiger partial charge in [0.1, 0.15) is 11.6 Å². The second-order valence-corrected chi connectivity index (χ2v) is 8.69. The summed E-state index contributed by atoms with van der Waals surface area (Å²) < 4.78 is 20.6. The van der Waals surface area contributed by atoms with Crippen molar-refractivity contribution in [3.63, 3.8) is 0 Å². The predicted octanol–water partition coefficient (Wildman–Crippen LogP) is 4.77. The maximum atomic E-state index is 14.5. The normalized spacial score (nSPS) is 19.5. The van der Waals surface area contributed by atoms with Crippen molar-refractivity contribution in [2.75, 3.05) is 13.1 Å². The molecule has 160 valence electrons. The molecule has 1 saturated carbocycles. The number of nitrogens with zero attached hydrogens (tertiary/aromatic N) is 1. The Bertz CT molecular complexity index is 854. The zero-order chi connectivity index (χ0) is 21.0. The van der Waals surface area contributed by atoms with E-state index in [2.05, 4.69) is 34.5 Å². The molecule has 1 saturated heterocycles. The number of hydrogen-bond donors (Lipinski definition) is 1. The summed E-state index contributed by atoms with van der Waals surface area (Å²) in [5.74, 6) is 0.579. The Morgan fingerprint density at radius 2 is 1.77 bits per heavy atom. The molecule has 2 aromatic rings. The lowest BCUT2D eigenvalue weighted by Gasteiger charge is -2.42. The molecule has 2 aliphatic rings. The van der Waals surface area contributed by atoms with Crippen LogP contribution in [-0.2, 0) is 16.9 Å². The van der Waals surface area contributed by atoms with Crippen LogP contribution >= 0.6 is 0 Å². The van der Waals surface area contributed by atoms with E-state index in [1.165, 1.54) is 31.4 Å². The summed E-state index contributed by atoms with van der Waals surface area (Å²) in [5.41, 5.74) is 1.20. The second-order valence-electron chi connectivity index (χ2n) is 8.69. The topological polar surface area (TPSA) is 41.6 Å². The highest BCUT2D eigenvalue weighted by atomic mass is 19.1. The van der Waals surface area contributed by atoms with Gasteiger partial charge in [0.15, 0.2) is 0 Å². The lowest BCUT2D eigenvalue weighted by atomic mass is 9.80. The minimum Gasteiger partial charge on any atom is -0.490 e. The summed E-state index contributed by atoms with van der Waals surface area (Å²) in [5, 5.41) is 3.06. The van der Waals surface area contributed by atoms with Crippen molar-refractivity contribution in [2.24, 2.45) is 0 Å². The zero-order valence-electron chi connectivity index (χ0n) is 17.7. The van der Waals surface area contributed by atoms with Crippen LogP contribution in [0, 0.1) is 5.82 Å². The van der Waals surface area contributed by atoms with E-state index >= 15 is 0 Å². The standard InChI is InChI=1S/C25H31FN2O2/c1-19(29)27-25(23-8-4-5-9-24(23)26)14-16-28(17-15-25)18-20-10-12-22(13-11-20)30-21-6-2-3-7-21/h4-5,8-13,21H,2-3,6-7,14-18H2,1H3,(H,27,29). The molecule has 1 aliphatic heterocycles. The summed E-state index contributed by atoms with van der Waals surface area (Å²) in [4.78, 5) is 14.2. The van der Waals surface area contributed by atoms with Crippen molar-refractivity contribution in [1.82, 2.24) is 10.2 Å². The number of carbonyl (C=O) groups excluding carboxylic acids is 1. The minimum atomic E-state index is -0.632. The fourth-order valence-electron chi connectivity index (χ4n) is 4.87. The maximum Gasteiger partial charge on any atom is 0.217 e. The molecule has 0 unspecified atom stereocenters. The monoisotopic (exact) mass is 410 g/mol. The van der Waals surface area contributed by atoms with Crippen LogP contribution in [0.25, 0.3) is 0 Å². The molecule has 2 aromatic carbocycles. The average Bonchev–Trinajstić information content (AvgIpc) is 3.24. The molecule has 4 nitrogen and oxygen atoms in total. The van der Waals surface area contributed by atoms with Gasteiger partial charge in [-0.25, -0.2) is 4.39 Å². The van der Waals surface area contributed by atoms with Gasteiger partial charge >= 0.3 is 0 Å². The number of ether oxygens (including phenoxy) is 1. The minimum absolute atomic E-state index is 0.121. The Kier molecular flexibility index (Phi) is 6.38. The van der Waals surface area contributed by atoms with Crippen molar-refractivity contribution in [1.29, 1.82) is 0 Å². The molecule has 0 spiro atoms. The van der Waals surface area contributed by atoms with Crippen molar-refractivity contribution in [3.8, 4) is 5.75 Å². The molecule has 2 fully saturated rings. The molecule has 1 aliphatic carbocycles. The van der Waals surface area contributed by atoms with Gasteiger partial charge in [-0.1, -0.05) is 30.3 Å². The summed E-state index contributed by atoms with van der Waals surface area (Å²) in [6.45, 7) is 3.95. The number of halogens is 1. The van der Waals surface area contributed by atoms with Crippen molar-refractivity contribution < 1.29 is 13.9 Å². The summed E-state index contributed by atoms with van der Waals surface area (Å²) in [6.07, 6.45) is 6.61. The van der Waals surface area contributed by atoms with Crippen LogP contribution in [0.2, 0.25) is 0 Å². The number of benzene rings is 2. The largest absolute Gasteiger partial charge is 0.490 e. The van der Waals surface area contributed by atoms with E-state index in [9.17, 15) is 9.18 Å². The average molecular weight is 411 g/mol. The van der Waals surface area contributed by atoms with Gasteiger partial charge in [0.2, 0.25) is 5.91 Å². The predicted molar refractivity (Wildman–Crippen MR) is 116 cm³/mol. The van der Waals surface area contributed by atoms with Crippen LogP contribution in [0.1, 0.15) is 56.6 Å². The highest BCUT2D eigenvalue weighted by Gasteiger charge is 2.38. The molecule has 0 radical (unpaired) electrons. The van der Waals surface area contributed by atoms with Crippen LogP contribution in [-0.4, -0.2) is 30.0 Å². The lowest BCUT2D eigenvalue weighted by Crippen LogP contribution is -2.52. The van der Waals surface area contributed by atoms with Crippen molar-refractivity contribution >= 4 is 5.91 Å². The van der Waals surface area contributed by atoms with E-state index < -0.39 is 5.54 Å². The number of amides is 1. The Hall–Kier alpha value is -2.40. The zero-order valence-corrected chi connectivity index (χ0v) is 17.7. The van der Waals surface area contributed by atoms with Gasteiger partial charge in [0.05, 0.1) is 11.6 Å². The Labute approximate surface area is 178 Å². The molecule has 4 rings (SSSR count). The van der Waals surface area contributed by atoms with Gasteiger partial charge in [-0.2, -0.15) is 0 Å². The Morgan fingerprint density at radius 1 is 1.10 bits per heavy atom. The lowest BCUT2D eigenvalue weighted by molar-refractivity contribution is -0.121. The molecular formula is C25H31FN2O2. The van der Waals surface area contributed by atoms with Gasteiger partial charge in [-0.3, -0.25) is 9.69 Å². The third-order valence-corrected chi connectivity index (χ3v) is 6.45. The Balaban J connectivity index is 1.38. The molecule has 1 heterocycles. The fourth-order valence-corrected chi connectivity index (χ4v) is 4.87. The summed E-state index contributed by atoms with van der Waals surface area (Å²) >= 11 is 0. The van der Waals surface area contributed by atoms with E-state index in [-0.39, 0.29) is 11.7 Å². The second kappa shape index (κ2) is 9.17. The SMILES string of the molecule is CC(=O)NC1(c2ccccc2F)CCN(Cc2ccc(OC3CCCC3)cc2)CC1. The number of nitrogens with one attached hydrogen (secondary N) is 1. The third-order valence-electron chi connectivity index (χ3n) is 6.45. The number of rotatable bonds is 6. The Morgan fingerprint density at radius 3 is 2.40 bits per heavy atom. The van der Waals surface area contributed by atoms with Gasteiger partial charge in [-0.15, -0.1) is 0 Å². The number of hydrogen-bond acceptors (Lipinski definition) is 3. The first-order valence-electron chi connectivity index (χ1n) is 11.1. The molecule has 0 aromatic heterocycles. The van der Waals surface area contributed by atoms with Gasteiger partial charge in [-0.05, 0) is 62.3 Å². The van der Waals surface area contributed by atoms with Crippen LogP contribution < -0.4 is 10.1 Å². The first-order valence-corrected chi connectivity index (χ1v) is 11.1. The van der Waals surface area contributed by atoms with Crippen LogP contribution in [0.3, 0.4) is 0 Å². The molecule has 5 heteroatoms. The molecule has 1 N–H and O–H groups in total. The van der Waals surface area contributed by atoms with E-state index in [1.54, 1.807) is 12.1 Å². The van der Waals surface area contributed by atoms with E-state index in [0.29, 0.717) is 24.5 Å².